The maximum absolute atomic E-state index is 15.6. The quantitative estimate of drug-likeness (QED) is 0.318. The van der Waals surface area contributed by atoms with Crippen molar-refractivity contribution in [3.8, 4) is 5.75 Å². The molecule has 3 N–H and O–H groups in total. The number of aromatic nitrogens is 2. The zero-order valence-corrected chi connectivity index (χ0v) is 19.3. The van der Waals surface area contributed by atoms with Crippen molar-refractivity contribution in [2.45, 2.75) is 57.4 Å². The van der Waals surface area contributed by atoms with Crippen molar-refractivity contribution in [3.05, 3.63) is 57.9 Å². The topological polar surface area (TPSA) is 99.2 Å². The molecular formula is C26H29FN4O3. The summed E-state index contributed by atoms with van der Waals surface area (Å²) in [6.07, 6.45) is 9.52. The summed E-state index contributed by atoms with van der Waals surface area (Å²) < 4.78 is 23.7. The van der Waals surface area contributed by atoms with Crippen LogP contribution in [0, 0.1) is 5.82 Å². The number of nitrogen functional groups attached to an aromatic ring is 1. The Hall–Kier alpha value is -3.42. The smallest absolute Gasteiger partial charge is 0.202 e. The highest BCUT2D eigenvalue weighted by Gasteiger charge is 2.40. The number of carbonyl (C=O) groups excluding carboxylic acids is 1. The molecule has 178 valence electrons. The van der Waals surface area contributed by atoms with E-state index in [1.165, 1.54) is 6.92 Å². The van der Waals surface area contributed by atoms with Crippen LogP contribution in [0.1, 0.15) is 61.5 Å². The van der Waals surface area contributed by atoms with Crippen LogP contribution in [0.5, 0.6) is 5.75 Å². The van der Waals surface area contributed by atoms with E-state index in [1.54, 1.807) is 12.4 Å². The predicted octanol–water partition coefficient (Wildman–Crippen LogP) is 4.42. The maximum Gasteiger partial charge on any atom is 0.202 e. The molecule has 1 aliphatic heterocycles. The van der Waals surface area contributed by atoms with E-state index in [2.05, 4.69) is 10.3 Å². The monoisotopic (exact) mass is 464 g/mol. The lowest BCUT2D eigenvalue weighted by Crippen LogP contribution is -2.33. The summed E-state index contributed by atoms with van der Waals surface area (Å²) in [6.45, 7) is 2.23. The van der Waals surface area contributed by atoms with Crippen molar-refractivity contribution in [2.24, 2.45) is 0 Å². The van der Waals surface area contributed by atoms with Gasteiger partial charge in [0.2, 0.25) is 5.43 Å². The van der Waals surface area contributed by atoms with Gasteiger partial charge in [-0.2, -0.15) is 0 Å². The van der Waals surface area contributed by atoms with E-state index in [0.717, 1.165) is 50.6 Å². The second-order valence-corrected chi connectivity index (χ2v) is 9.33. The molecule has 7 nitrogen and oxygen atoms in total. The van der Waals surface area contributed by atoms with Gasteiger partial charge in [0.1, 0.15) is 5.69 Å². The van der Waals surface area contributed by atoms with Crippen molar-refractivity contribution in [3.63, 3.8) is 0 Å². The van der Waals surface area contributed by atoms with E-state index in [0.29, 0.717) is 24.4 Å². The Morgan fingerprint density at radius 1 is 1.29 bits per heavy atom. The number of pyridine rings is 2. The first-order valence-electron chi connectivity index (χ1n) is 11.9. The molecule has 8 heteroatoms. The van der Waals surface area contributed by atoms with Crippen LogP contribution < -0.4 is 21.2 Å². The van der Waals surface area contributed by atoms with Crippen LogP contribution in [0.2, 0.25) is 0 Å². The van der Waals surface area contributed by atoms with E-state index in [1.807, 2.05) is 22.8 Å². The Bertz CT molecular complexity index is 1310. The minimum absolute atomic E-state index is 0.0346. The molecule has 2 aromatic heterocycles. The molecular weight excluding hydrogens is 435 g/mol. The van der Waals surface area contributed by atoms with E-state index in [9.17, 15) is 9.59 Å². The third kappa shape index (κ3) is 3.61. The highest BCUT2D eigenvalue weighted by Crippen LogP contribution is 2.48. The fraction of sp³-hybridized carbons (Fsp3) is 0.423. The molecule has 1 aromatic carbocycles. The summed E-state index contributed by atoms with van der Waals surface area (Å²) >= 11 is 0. The van der Waals surface area contributed by atoms with Gasteiger partial charge < -0.3 is 20.4 Å². The third-order valence-corrected chi connectivity index (χ3v) is 7.25. The predicted molar refractivity (Wildman–Crippen MR) is 130 cm³/mol. The number of nitrogens with two attached hydrogens (primary N) is 1. The van der Waals surface area contributed by atoms with Crippen LogP contribution >= 0.6 is 0 Å². The molecule has 5 rings (SSSR count). The first kappa shape index (κ1) is 22.4. The molecule has 2 aliphatic rings. The molecule has 0 bridgehead atoms. The largest absolute Gasteiger partial charge is 0.489 e. The molecule has 0 saturated heterocycles. The fourth-order valence-corrected chi connectivity index (χ4v) is 5.49. The van der Waals surface area contributed by atoms with Crippen molar-refractivity contribution in [1.82, 2.24) is 9.55 Å². The van der Waals surface area contributed by atoms with Crippen LogP contribution in [-0.2, 0) is 12.0 Å². The number of nitrogens with zero attached hydrogens (tertiary/aromatic N) is 2. The summed E-state index contributed by atoms with van der Waals surface area (Å²) in [4.78, 5) is 29.9. The Labute approximate surface area is 197 Å². The number of rotatable bonds is 6. The second-order valence-electron chi connectivity index (χ2n) is 9.33. The first-order chi connectivity index (χ1) is 16.4. The zero-order chi connectivity index (χ0) is 23.9. The Morgan fingerprint density at radius 3 is 2.79 bits per heavy atom. The van der Waals surface area contributed by atoms with Crippen LogP contribution in [0.4, 0.5) is 15.8 Å². The molecule has 0 amide bonds. The summed E-state index contributed by atoms with van der Waals surface area (Å²) in [7, 11) is 0. The maximum atomic E-state index is 15.6. The zero-order valence-electron chi connectivity index (χ0n) is 19.3. The number of hydrogen-bond donors (Lipinski definition) is 2. The lowest BCUT2D eigenvalue weighted by Gasteiger charge is -2.32. The minimum Gasteiger partial charge on any atom is -0.489 e. The molecule has 1 saturated carbocycles. The van der Waals surface area contributed by atoms with Gasteiger partial charge in [-0.05, 0) is 44.7 Å². The van der Waals surface area contributed by atoms with Gasteiger partial charge in [-0.3, -0.25) is 14.6 Å². The van der Waals surface area contributed by atoms with E-state index in [4.69, 9.17) is 10.5 Å². The van der Waals surface area contributed by atoms with Gasteiger partial charge in [0.15, 0.2) is 17.3 Å². The number of ketones is 1. The highest BCUT2D eigenvalue weighted by molar-refractivity contribution is 6.04. The molecule has 3 aromatic rings. The number of fused-ring (bicyclic) bond motifs is 1. The standard InChI is InChI=1S/C26H29FN4O3/c1-16(32)18-15-31-23-19(24(18)33)21(28)20(27)22(30-13-6-8-17-7-2-5-12-29-17)25(23)34-14-11-26(31)9-3-4-10-26/h2,5,7,12,15,30H,3-4,6,8-11,13-14,28H2,1H3. The molecule has 1 fully saturated rings. The van der Waals surface area contributed by atoms with Crippen molar-refractivity contribution in [2.75, 3.05) is 24.2 Å². The number of Topliss-reactive ketones (excluding diaryl/α,β-unsaturated/α-hetero) is 1. The molecule has 0 unspecified atom stereocenters. The van der Waals surface area contributed by atoms with Gasteiger partial charge >= 0.3 is 0 Å². The van der Waals surface area contributed by atoms with Crippen LogP contribution in [0.3, 0.4) is 0 Å². The number of benzene rings is 1. The molecule has 1 aliphatic carbocycles. The molecule has 3 heterocycles. The first-order valence-corrected chi connectivity index (χ1v) is 11.9. The number of hydrogen-bond acceptors (Lipinski definition) is 6. The Kier molecular flexibility index (Phi) is 5.75. The number of anilines is 2. The normalized spacial score (nSPS) is 16.4. The Balaban J connectivity index is 1.63. The van der Waals surface area contributed by atoms with Gasteiger partial charge in [-0.25, -0.2) is 4.39 Å². The van der Waals surface area contributed by atoms with Gasteiger partial charge in [0.05, 0.1) is 28.8 Å². The van der Waals surface area contributed by atoms with Crippen molar-refractivity contribution in [1.29, 1.82) is 0 Å². The van der Waals surface area contributed by atoms with Gasteiger partial charge in [0, 0.05) is 36.6 Å². The van der Waals surface area contributed by atoms with E-state index >= 15 is 4.39 Å². The van der Waals surface area contributed by atoms with Crippen LogP contribution in [-0.4, -0.2) is 28.5 Å². The summed E-state index contributed by atoms with van der Waals surface area (Å²) in [5.74, 6) is -0.769. The van der Waals surface area contributed by atoms with Crippen LogP contribution in [0.15, 0.2) is 35.4 Å². The van der Waals surface area contributed by atoms with Gasteiger partial charge in [-0.1, -0.05) is 18.9 Å². The molecule has 0 atom stereocenters. The molecule has 1 spiro atoms. The summed E-state index contributed by atoms with van der Waals surface area (Å²) in [6, 6.07) is 5.76. The highest BCUT2D eigenvalue weighted by atomic mass is 19.1. The summed E-state index contributed by atoms with van der Waals surface area (Å²) in [5, 5.41) is 3.20. The number of aryl methyl sites for hydroxylation is 1. The van der Waals surface area contributed by atoms with Gasteiger partial charge in [-0.15, -0.1) is 0 Å². The SMILES string of the molecule is CC(=O)c1cn2c3c(c(NCCCc4ccccn4)c(F)c(N)c3c1=O)OCCC21CCCC1. The minimum atomic E-state index is -0.716. The fourth-order valence-electron chi connectivity index (χ4n) is 5.49. The van der Waals surface area contributed by atoms with E-state index in [-0.39, 0.29) is 33.6 Å². The lowest BCUT2D eigenvalue weighted by atomic mass is 9.91. The Morgan fingerprint density at radius 2 is 2.09 bits per heavy atom. The molecule has 0 radical (unpaired) electrons. The number of carbonyl (C=O) groups is 1. The summed E-state index contributed by atoms with van der Waals surface area (Å²) in [5.41, 5.74) is 6.83. The molecule has 34 heavy (non-hydrogen) atoms. The van der Waals surface area contributed by atoms with E-state index < -0.39 is 11.2 Å². The average Bonchev–Trinajstić information content (AvgIpc) is 3.24. The number of ether oxygens (including phenoxy) is 1. The number of halogens is 1. The van der Waals surface area contributed by atoms with Crippen molar-refractivity contribution < 1.29 is 13.9 Å². The van der Waals surface area contributed by atoms with Gasteiger partial charge in [0.25, 0.3) is 0 Å². The average molecular weight is 465 g/mol. The van der Waals surface area contributed by atoms with Crippen molar-refractivity contribution >= 4 is 28.1 Å². The van der Waals surface area contributed by atoms with Crippen LogP contribution in [0.25, 0.3) is 10.9 Å². The second kappa shape index (κ2) is 8.74. The number of nitrogens with one attached hydrogen (secondary N) is 1. The lowest BCUT2D eigenvalue weighted by molar-refractivity contribution is 0.101. The third-order valence-electron chi connectivity index (χ3n) is 7.25.